The average molecular weight is 578 g/mol. The lowest BCUT2D eigenvalue weighted by atomic mass is 10.2. The molecule has 196 valence electrons. The number of benzene rings is 3. The zero-order valence-electron chi connectivity index (χ0n) is 20.6. The topological polar surface area (TPSA) is 84.1 Å². The minimum absolute atomic E-state index is 0.0126. The number of hydrogen-bond donors (Lipinski definition) is 1. The summed E-state index contributed by atoms with van der Waals surface area (Å²) in [6.07, 6.45) is 1.50. The van der Waals surface area contributed by atoms with Crippen LogP contribution in [0.5, 0.6) is 0 Å². The molecule has 0 saturated carbocycles. The second kappa shape index (κ2) is 11.8. The number of para-hydroxylation sites is 2. The van der Waals surface area contributed by atoms with E-state index < -0.39 is 5.97 Å². The molecule has 1 aliphatic rings. The normalized spacial score (nSPS) is 15.3. The third-order valence-electron chi connectivity index (χ3n) is 5.50. The molecule has 1 aliphatic heterocycles. The highest BCUT2D eigenvalue weighted by Gasteiger charge is 2.36. The van der Waals surface area contributed by atoms with Crippen molar-refractivity contribution in [3.8, 4) is 0 Å². The molecule has 1 aromatic heterocycles. The van der Waals surface area contributed by atoms with E-state index in [0.29, 0.717) is 32.2 Å². The van der Waals surface area contributed by atoms with Crippen molar-refractivity contribution in [1.82, 2.24) is 0 Å². The first-order chi connectivity index (χ1) is 18.9. The highest BCUT2D eigenvalue weighted by atomic mass is 35.5. The molecule has 0 bridgehead atoms. The zero-order chi connectivity index (χ0) is 27.4. The van der Waals surface area contributed by atoms with Crippen molar-refractivity contribution in [2.24, 2.45) is 4.99 Å². The summed E-state index contributed by atoms with van der Waals surface area (Å²) in [7, 11) is 0. The standard InChI is InChI=1S/C29H21Cl2N3O4S/c1-2-37-28(36)24-25(31)22(38-26(24)32-20-13-9-10-18(30)16-20)17-23-27(35)34(21-14-7-4-8-15-21)29(39-23)33-19-11-5-3-6-12-19/h3-17,32H,2H2,1H3/b23-17-,33-29?. The number of carbonyl (C=O) groups is 2. The smallest absolute Gasteiger partial charge is 0.345 e. The van der Waals surface area contributed by atoms with E-state index in [9.17, 15) is 9.59 Å². The van der Waals surface area contributed by atoms with Gasteiger partial charge in [-0.3, -0.25) is 9.69 Å². The number of nitrogens with one attached hydrogen (secondary N) is 1. The molecule has 0 unspecified atom stereocenters. The highest BCUT2D eigenvalue weighted by molar-refractivity contribution is 8.19. The first kappa shape index (κ1) is 26.6. The van der Waals surface area contributed by atoms with Crippen molar-refractivity contribution < 1.29 is 18.7 Å². The van der Waals surface area contributed by atoms with Crippen LogP contribution in [0.25, 0.3) is 6.08 Å². The van der Waals surface area contributed by atoms with Crippen LogP contribution in [0.15, 0.2) is 99.2 Å². The molecule has 1 saturated heterocycles. The number of aliphatic imine (C=N–C) groups is 1. The Bertz CT molecular complexity index is 1590. The molecular formula is C29H21Cl2N3O4S. The number of amidine groups is 1. The third-order valence-corrected chi connectivity index (χ3v) is 7.08. The average Bonchev–Trinajstić information content (AvgIpc) is 3.40. The number of ether oxygens (including phenoxy) is 1. The number of anilines is 3. The number of thioether (sulfide) groups is 1. The van der Waals surface area contributed by atoms with Gasteiger partial charge in [-0.15, -0.1) is 0 Å². The SMILES string of the molecule is CCOC(=O)c1c(Nc2cccc(Cl)c2)oc(/C=C2\SC(=Nc3ccccc3)N(c3ccccc3)C2=O)c1Cl. The Balaban J connectivity index is 1.57. The minimum atomic E-state index is -0.664. The van der Waals surface area contributed by atoms with Gasteiger partial charge < -0.3 is 14.5 Å². The fourth-order valence-corrected chi connectivity index (χ4v) is 5.20. The van der Waals surface area contributed by atoms with Gasteiger partial charge in [-0.05, 0) is 61.2 Å². The van der Waals surface area contributed by atoms with E-state index in [2.05, 4.69) is 5.32 Å². The lowest BCUT2D eigenvalue weighted by molar-refractivity contribution is -0.113. The molecule has 5 rings (SSSR count). The van der Waals surface area contributed by atoms with Gasteiger partial charge in [0.2, 0.25) is 5.88 Å². The summed E-state index contributed by atoms with van der Waals surface area (Å²) in [5.41, 5.74) is 1.95. The maximum atomic E-state index is 13.6. The van der Waals surface area contributed by atoms with E-state index in [1.165, 1.54) is 22.7 Å². The second-order valence-electron chi connectivity index (χ2n) is 8.16. The summed E-state index contributed by atoms with van der Waals surface area (Å²) in [6, 6.07) is 25.5. The number of esters is 1. The summed E-state index contributed by atoms with van der Waals surface area (Å²) in [4.78, 5) is 33.0. The maximum Gasteiger partial charge on any atom is 0.345 e. The van der Waals surface area contributed by atoms with E-state index in [0.717, 1.165) is 0 Å². The zero-order valence-corrected chi connectivity index (χ0v) is 22.9. The predicted octanol–water partition coefficient (Wildman–Crippen LogP) is 8.32. The van der Waals surface area contributed by atoms with Crippen LogP contribution in [0.1, 0.15) is 23.0 Å². The van der Waals surface area contributed by atoms with Crippen LogP contribution >= 0.6 is 35.0 Å². The Labute approximate surface area is 239 Å². The van der Waals surface area contributed by atoms with Gasteiger partial charge in [0.05, 0.1) is 22.9 Å². The van der Waals surface area contributed by atoms with Gasteiger partial charge in [-0.25, -0.2) is 9.79 Å². The van der Waals surface area contributed by atoms with Gasteiger partial charge in [0, 0.05) is 16.8 Å². The monoisotopic (exact) mass is 577 g/mol. The molecule has 2 heterocycles. The van der Waals surface area contributed by atoms with Crippen molar-refractivity contribution in [3.05, 3.63) is 111 Å². The molecule has 0 atom stereocenters. The van der Waals surface area contributed by atoms with Crippen molar-refractivity contribution in [1.29, 1.82) is 0 Å². The maximum absolute atomic E-state index is 13.6. The quantitative estimate of drug-likeness (QED) is 0.175. The van der Waals surface area contributed by atoms with Crippen LogP contribution in [0.2, 0.25) is 10.0 Å². The Morgan fingerprint density at radius 1 is 1.05 bits per heavy atom. The van der Waals surface area contributed by atoms with Gasteiger partial charge in [0.25, 0.3) is 5.91 Å². The van der Waals surface area contributed by atoms with Gasteiger partial charge >= 0.3 is 5.97 Å². The Hall–Kier alpha value is -3.98. The summed E-state index contributed by atoms with van der Waals surface area (Å²) in [5.74, 6) is -0.784. The molecule has 0 radical (unpaired) electrons. The molecule has 0 spiro atoms. The highest BCUT2D eigenvalue weighted by Crippen LogP contribution is 2.41. The number of halogens is 2. The molecular weight excluding hydrogens is 557 g/mol. The summed E-state index contributed by atoms with van der Waals surface area (Å²) in [6.45, 7) is 1.84. The fourth-order valence-electron chi connectivity index (χ4n) is 3.78. The summed E-state index contributed by atoms with van der Waals surface area (Å²) in [5, 5.41) is 4.01. The number of hydrogen-bond acceptors (Lipinski definition) is 7. The van der Waals surface area contributed by atoms with E-state index in [4.69, 9.17) is 37.3 Å². The molecule has 1 fully saturated rings. The van der Waals surface area contributed by atoms with E-state index >= 15 is 0 Å². The fraction of sp³-hybridized carbons (Fsp3) is 0.0690. The Morgan fingerprint density at radius 3 is 2.46 bits per heavy atom. The number of furan rings is 1. The first-order valence-corrected chi connectivity index (χ1v) is 13.5. The van der Waals surface area contributed by atoms with Crippen LogP contribution in [0, 0.1) is 0 Å². The van der Waals surface area contributed by atoms with Gasteiger partial charge in [-0.2, -0.15) is 0 Å². The number of nitrogens with zero attached hydrogens (tertiary/aromatic N) is 2. The lowest BCUT2D eigenvalue weighted by Crippen LogP contribution is -2.28. The van der Waals surface area contributed by atoms with Crippen molar-refractivity contribution in [3.63, 3.8) is 0 Å². The van der Waals surface area contributed by atoms with Crippen LogP contribution in [0.3, 0.4) is 0 Å². The summed E-state index contributed by atoms with van der Waals surface area (Å²) < 4.78 is 11.2. The molecule has 0 aliphatic carbocycles. The summed E-state index contributed by atoms with van der Waals surface area (Å²) >= 11 is 13.9. The van der Waals surface area contributed by atoms with Crippen molar-refractivity contribution in [2.45, 2.75) is 6.92 Å². The third kappa shape index (κ3) is 5.88. The first-order valence-electron chi connectivity index (χ1n) is 11.9. The number of carbonyl (C=O) groups excluding carboxylic acids is 2. The molecule has 7 nitrogen and oxygen atoms in total. The Morgan fingerprint density at radius 2 is 1.77 bits per heavy atom. The lowest BCUT2D eigenvalue weighted by Gasteiger charge is -2.15. The van der Waals surface area contributed by atoms with E-state index in [-0.39, 0.29) is 34.7 Å². The van der Waals surface area contributed by atoms with Crippen LogP contribution in [0.4, 0.5) is 22.9 Å². The van der Waals surface area contributed by atoms with Gasteiger partial charge in [-0.1, -0.05) is 65.7 Å². The van der Waals surface area contributed by atoms with Crippen LogP contribution in [-0.2, 0) is 9.53 Å². The minimum Gasteiger partial charge on any atom is -0.462 e. The van der Waals surface area contributed by atoms with Crippen molar-refractivity contribution >= 4 is 81.0 Å². The number of amides is 1. The molecule has 39 heavy (non-hydrogen) atoms. The second-order valence-corrected chi connectivity index (χ2v) is 9.98. The molecule has 1 amide bonds. The van der Waals surface area contributed by atoms with Crippen LogP contribution in [-0.4, -0.2) is 23.7 Å². The van der Waals surface area contributed by atoms with Crippen LogP contribution < -0.4 is 10.2 Å². The predicted molar refractivity (Wildman–Crippen MR) is 157 cm³/mol. The Kier molecular flexibility index (Phi) is 8.07. The van der Waals surface area contributed by atoms with Gasteiger partial charge in [0.15, 0.2) is 5.17 Å². The van der Waals surface area contributed by atoms with E-state index in [1.54, 1.807) is 31.2 Å². The van der Waals surface area contributed by atoms with Gasteiger partial charge in [0.1, 0.15) is 16.3 Å². The molecule has 4 aromatic rings. The molecule has 10 heteroatoms. The largest absolute Gasteiger partial charge is 0.462 e. The molecule has 1 N–H and O–H groups in total. The van der Waals surface area contributed by atoms with E-state index in [1.807, 2.05) is 60.7 Å². The molecule has 3 aromatic carbocycles. The number of rotatable bonds is 7. The van der Waals surface area contributed by atoms with Crippen molar-refractivity contribution in [2.75, 3.05) is 16.8 Å².